The molecule has 0 saturated carbocycles. The second-order valence-corrected chi connectivity index (χ2v) is 5.10. The molecule has 0 bridgehead atoms. The lowest BCUT2D eigenvalue weighted by atomic mass is 10.0. The van der Waals surface area contributed by atoms with Crippen LogP contribution >= 0.6 is 0 Å². The number of carbonyl (C=O) groups excluding carboxylic acids is 1. The Kier molecular flexibility index (Phi) is 4.52. The number of benzene rings is 1. The smallest absolute Gasteiger partial charge is 0.258 e. The van der Waals surface area contributed by atoms with Gasteiger partial charge in [0.15, 0.2) is 0 Å². The lowest BCUT2D eigenvalue weighted by molar-refractivity contribution is -0.137. The summed E-state index contributed by atoms with van der Waals surface area (Å²) >= 11 is 0. The Morgan fingerprint density at radius 1 is 1.21 bits per heavy atom. The quantitative estimate of drug-likeness (QED) is 0.484. The fraction of sp³-hybridized carbons (Fsp3) is 0.500. The fourth-order valence-corrected chi connectivity index (χ4v) is 2.42. The third-order valence-electron chi connectivity index (χ3n) is 3.60. The van der Waals surface area contributed by atoms with Gasteiger partial charge in [-0.2, -0.15) is 0 Å². The summed E-state index contributed by atoms with van der Waals surface area (Å²) in [5, 5.41) is 1.19. The molecule has 1 atom stereocenters. The average Bonchev–Trinajstić information content (AvgIpc) is 2.42. The Labute approximate surface area is 114 Å². The molecule has 1 saturated heterocycles. The second-order valence-electron chi connectivity index (χ2n) is 5.10. The standard InChI is InChI=1S/C14H22N4O/c1-16-8-10-18(11-9-16)13(14(19)17(2)15)12-6-4-3-5-7-12/h3-7,13H,8-11,15H2,1-2H3. The van der Waals surface area contributed by atoms with Crippen molar-refractivity contribution in [2.24, 2.45) is 5.84 Å². The van der Waals surface area contributed by atoms with E-state index in [9.17, 15) is 4.79 Å². The molecule has 1 amide bonds. The van der Waals surface area contributed by atoms with Crippen LogP contribution in [0.1, 0.15) is 11.6 Å². The van der Waals surface area contributed by atoms with Crippen molar-refractivity contribution in [2.45, 2.75) is 6.04 Å². The van der Waals surface area contributed by atoms with Gasteiger partial charge in [0.2, 0.25) is 0 Å². The van der Waals surface area contributed by atoms with Crippen LogP contribution in [-0.2, 0) is 4.79 Å². The molecule has 0 aromatic heterocycles. The van der Waals surface area contributed by atoms with Crippen molar-refractivity contribution < 1.29 is 4.79 Å². The Morgan fingerprint density at radius 2 is 1.79 bits per heavy atom. The molecule has 1 heterocycles. The number of carbonyl (C=O) groups is 1. The van der Waals surface area contributed by atoms with Gasteiger partial charge in [0.05, 0.1) is 0 Å². The molecule has 0 aliphatic carbocycles. The number of likely N-dealkylation sites (N-methyl/N-ethyl adjacent to an activating group) is 2. The zero-order valence-corrected chi connectivity index (χ0v) is 11.6. The summed E-state index contributed by atoms with van der Waals surface area (Å²) < 4.78 is 0. The number of hydrazine groups is 1. The second kappa shape index (κ2) is 6.14. The maximum Gasteiger partial charge on any atom is 0.258 e. The first-order valence-electron chi connectivity index (χ1n) is 6.59. The molecule has 1 unspecified atom stereocenters. The average molecular weight is 262 g/mol. The van der Waals surface area contributed by atoms with Gasteiger partial charge in [-0.25, -0.2) is 5.84 Å². The van der Waals surface area contributed by atoms with Crippen LogP contribution in [0.15, 0.2) is 30.3 Å². The first-order valence-corrected chi connectivity index (χ1v) is 6.59. The minimum absolute atomic E-state index is 0.0595. The van der Waals surface area contributed by atoms with Gasteiger partial charge >= 0.3 is 0 Å². The molecule has 1 aromatic rings. The summed E-state index contributed by atoms with van der Waals surface area (Å²) in [7, 11) is 3.71. The third-order valence-corrected chi connectivity index (χ3v) is 3.60. The number of rotatable bonds is 3. The van der Waals surface area contributed by atoms with E-state index in [1.807, 2.05) is 30.3 Å². The highest BCUT2D eigenvalue weighted by atomic mass is 16.2. The zero-order valence-electron chi connectivity index (χ0n) is 11.6. The van der Waals surface area contributed by atoms with Crippen LogP contribution in [0.2, 0.25) is 0 Å². The molecule has 1 aliphatic heterocycles. The molecular formula is C14H22N4O. The maximum atomic E-state index is 12.4. The van der Waals surface area contributed by atoms with Crippen LogP contribution in [0.4, 0.5) is 0 Å². The molecule has 5 heteroatoms. The van der Waals surface area contributed by atoms with E-state index in [2.05, 4.69) is 16.8 Å². The molecular weight excluding hydrogens is 240 g/mol. The highest BCUT2D eigenvalue weighted by Crippen LogP contribution is 2.23. The van der Waals surface area contributed by atoms with Gasteiger partial charge < -0.3 is 4.90 Å². The normalized spacial score (nSPS) is 19.1. The molecule has 104 valence electrons. The monoisotopic (exact) mass is 262 g/mol. The number of piperazine rings is 1. The van der Waals surface area contributed by atoms with Crippen LogP contribution in [0.5, 0.6) is 0 Å². The van der Waals surface area contributed by atoms with Crippen LogP contribution < -0.4 is 5.84 Å². The Balaban J connectivity index is 2.22. The Bertz CT molecular complexity index is 413. The highest BCUT2D eigenvalue weighted by Gasteiger charge is 2.30. The number of amides is 1. The summed E-state index contributed by atoms with van der Waals surface area (Å²) in [6.45, 7) is 3.72. The highest BCUT2D eigenvalue weighted by molar-refractivity contribution is 5.82. The van der Waals surface area contributed by atoms with E-state index in [4.69, 9.17) is 5.84 Å². The van der Waals surface area contributed by atoms with Crippen molar-refractivity contribution in [3.8, 4) is 0 Å². The Hall–Kier alpha value is -1.43. The van der Waals surface area contributed by atoms with Crippen LogP contribution in [0.3, 0.4) is 0 Å². The Morgan fingerprint density at radius 3 is 2.32 bits per heavy atom. The molecule has 1 aliphatic rings. The summed E-state index contributed by atoms with van der Waals surface area (Å²) in [4.78, 5) is 16.9. The van der Waals surface area contributed by atoms with Gasteiger partial charge in [-0.1, -0.05) is 30.3 Å². The first kappa shape index (κ1) is 14.0. The van der Waals surface area contributed by atoms with Gasteiger partial charge in [0.25, 0.3) is 5.91 Å². The topological polar surface area (TPSA) is 52.8 Å². The molecule has 5 nitrogen and oxygen atoms in total. The zero-order chi connectivity index (χ0) is 13.8. The predicted octanol–water partition coefficient (Wildman–Crippen LogP) is 0.307. The summed E-state index contributed by atoms with van der Waals surface area (Å²) in [5.74, 6) is 5.60. The van der Waals surface area contributed by atoms with Gasteiger partial charge in [-0.3, -0.25) is 14.7 Å². The van der Waals surface area contributed by atoms with E-state index < -0.39 is 0 Å². The molecule has 1 aromatic carbocycles. The van der Waals surface area contributed by atoms with E-state index in [1.165, 1.54) is 5.01 Å². The lowest BCUT2D eigenvalue weighted by Gasteiger charge is -2.38. The summed E-state index contributed by atoms with van der Waals surface area (Å²) in [5.41, 5.74) is 1.01. The summed E-state index contributed by atoms with van der Waals surface area (Å²) in [6, 6.07) is 9.59. The number of hydrogen-bond acceptors (Lipinski definition) is 4. The predicted molar refractivity (Wildman–Crippen MR) is 75.2 cm³/mol. The lowest BCUT2D eigenvalue weighted by Crippen LogP contribution is -2.51. The van der Waals surface area contributed by atoms with Gasteiger partial charge in [-0.05, 0) is 12.6 Å². The molecule has 2 N–H and O–H groups in total. The largest absolute Gasteiger partial charge is 0.304 e. The van der Waals surface area contributed by atoms with Crippen molar-refractivity contribution >= 4 is 5.91 Å². The van der Waals surface area contributed by atoms with Crippen molar-refractivity contribution in [3.63, 3.8) is 0 Å². The minimum Gasteiger partial charge on any atom is -0.304 e. The van der Waals surface area contributed by atoms with E-state index in [1.54, 1.807) is 7.05 Å². The molecule has 2 rings (SSSR count). The molecule has 0 radical (unpaired) electrons. The number of nitrogens with two attached hydrogens (primary N) is 1. The number of nitrogens with zero attached hydrogens (tertiary/aromatic N) is 3. The van der Waals surface area contributed by atoms with Crippen LogP contribution in [0, 0.1) is 0 Å². The maximum absolute atomic E-state index is 12.4. The summed E-state index contributed by atoms with van der Waals surface area (Å²) in [6.07, 6.45) is 0. The van der Waals surface area contributed by atoms with E-state index >= 15 is 0 Å². The van der Waals surface area contributed by atoms with Gasteiger partial charge in [0, 0.05) is 33.2 Å². The minimum atomic E-state index is -0.273. The van der Waals surface area contributed by atoms with Crippen molar-refractivity contribution in [1.82, 2.24) is 14.8 Å². The van der Waals surface area contributed by atoms with Crippen molar-refractivity contribution in [3.05, 3.63) is 35.9 Å². The van der Waals surface area contributed by atoms with Crippen LogP contribution in [0.25, 0.3) is 0 Å². The molecule has 1 fully saturated rings. The van der Waals surface area contributed by atoms with Crippen molar-refractivity contribution in [2.75, 3.05) is 40.3 Å². The van der Waals surface area contributed by atoms with E-state index in [-0.39, 0.29) is 11.9 Å². The SMILES string of the molecule is CN1CCN(C(C(=O)N(C)N)c2ccccc2)CC1. The molecule has 0 spiro atoms. The third kappa shape index (κ3) is 3.32. The van der Waals surface area contributed by atoms with E-state index in [0.29, 0.717) is 0 Å². The van der Waals surface area contributed by atoms with Crippen molar-refractivity contribution in [1.29, 1.82) is 0 Å². The van der Waals surface area contributed by atoms with Gasteiger partial charge in [0.1, 0.15) is 6.04 Å². The molecule has 19 heavy (non-hydrogen) atoms. The number of hydrogen-bond donors (Lipinski definition) is 1. The van der Waals surface area contributed by atoms with E-state index in [0.717, 1.165) is 31.7 Å². The fourth-order valence-electron chi connectivity index (χ4n) is 2.42. The first-order chi connectivity index (χ1) is 9.09. The van der Waals surface area contributed by atoms with Crippen LogP contribution in [-0.4, -0.2) is 61.0 Å². The van der Waals surface area contributed by atoms with Gasteiger partial charge in [-0.15, -0.1) is 0 Å².